The second kappa shape index (κ2) is 11.9. The quantitative estimate of drug-likeness (QED) is 0.254. The Hall–Kier alpha value is -4.30. The van der Waals surface area contributed by atoms with Gasteiger partial charge in [0, 0.05) is 61.8 Å². The van der Waals surface area contributed by atoms with E-state index in [1.807, 2.05) is 46.8 Å². The van der Waals surface area contributed by atoms with E-state index < -0.39 is 10.0 Å². The molecule has 2 aliphatic heterocycles. The summed E-state index contributed by atoms with van der Waals surface area (Å²) in [4.78, 5) is 26.3. The second-order valence-electron chi connectivity index (χ2n) is 14.2. The molecule has 0 radical (unpaired) electrons. The highest BCUT2D eigenvalue weighted by molar-refractivity contribution is 7.89. The number of aromatic nitrogens is 4. The van der Waals surface area contributed by atoms with Crippen molar-refractivity contribution in [1.82, 2.24) is 28.3 Å². The Bertz CT molecular complexity index is 2250. The van der Waals surface area contributed by atoms with Crippen molar-refractivity contribution in [2.45, 2.75) is 49.2 Å². The smallest absolute Gasteiger partial charge is 0.254 e. The molecule has 2 N–H and O–H groups in total. The van der Waals surface area contributed by atoms with Gasteiger partial charge in [0.1, 0.15) is 16.9 Å². The van der Waals surface area contributed by atoms with Crippen LogP contribution in [0.2, 0.25) is 0 Å². The first-order valence-electron chi connectivity index (χ1n) is 17.5. The largest absolute Gasteiger partial charge is 0.494 e. The molecule has 13 heteroatoms. The van der Waals surface area contributed by atoms with E-state index in [1.54, 1.807) is 19.2 Å². The molecule has 0 spiro atoms. The molecular formula is C37H41N7O5S. The minimum absolute atomic E-state index is 0.0219. The Morgan fingerprint density at radius 1 is 1.00 bits per heavy atom. The van der Waals surface area contributed by atoms with Crippen LogP contribution in [0.4, 0.5) is 0 Å². The summed E-state index contributed by atoms with van der Waals surface area (Å²) in [5.74, 6) is 2.28. The maximum Gasteiger partial charge on any atom is 0.254 e. The van der Waals surface area contributed by atoms with E-state index in [-0.39, 0.29) is 22.9 Å². The molecule has 4 aliphatic rings. The summed E-state index contributed by atoms with van der Waals surface area (Å²) in [7, 11) is 0.0239. The van der Waals surface area contributed by atoms with Crippen LogP contribution in [-0.4, -0.2) is 94.7 Å². The third-order valence-corrected chi connectivity index (χ3v) is 13.1. The Balaban J connectivity index is 1.08. The molecule has 2 aliphatic carbocycles. The van der Waals surface area contributed by atoms with E-state index >= 15 is 0 Å². The summed E-state index contributed by atoms with van der Waals surface area (Å²) < 4.78 is 43.4. The average Bonchev–Trinajstić information content (AvgIpc) is 3.54. The number of fused-ring (bicyclic) bond motifs is 4. The van der Waals surface area contributed by atoms with Gasteiger partial charge in [0.2, 0.25) is 10.0 Å². The lowest BCUT2D eigenvalue weighted by Crippen LogP contribution is -2.41. The molecule has 2 saturated carbocycles. The zero-order chi connectivity index (χ0) is 34.3. The number of rotatable bonds is 8. The predicted octanol–water partition coefficient (Wildman–Crippen LogP) is 4.26. The summed E-state index contributed by atoms with van der Waals surface area (Å²) in [6.45, 7) is 3.03. The first-order valence-corrected chi connectivity index (χ1v) is 19.0. The van der Waals surface area contributed by atoms with Crippen molar-refractivity contribution in [1.29, 1.82) is 0 Å². The Kier molecular flexibility index (Phi) is 7.54. The molecule has 4 fully saturated rings. The molecule has 5 heterocycles. The average molecular weight is 696 g/mol. The van der Waals surface area contributed by atoms with Crippen molar-refractivity contribution in [3.63, 3.8) is 0 Å². The highest BCUT2D eigenvalue weighted by Crippen LogP contribution is 2.40. The topological polar surface area (TPSA) is 138 Å². The number of sulfonamides is 1. The summed E-state index contributed by atoms with van der Waals surface area (Å²) in [6, 6.07) is 17.0. The number of likely N-dealkylation sites (tertiary alicyclic amines) is 1. The number of morpholine rings is 1. The first-order chi connectivity index (χ1) is 24.2. The van der Waals surface area contributed by atoms with Crippen LogP contribution in [0.3, 0.4) is 0 Å². The monoisotopic (exact) mass is 695 g/mol. The molecule has 50 heavy (non-hydrogen) atoms. The Morgan fingerprint density at radius 2 is 1.78 bits per heavy atom. The number of nitrogens with two attached hydrogens (primary N) is 1. The van der Waals surface area contributed by atoms with Gasteiger partial charge in [-0.3, -0.25) is 4.79 Å². The fourth-order valence-electron chi connectivity index (χ4n) is 8.22. The van der Waals surface area contributed by atoms with E-state index in [2.05, 4.69) is 16.7 Å². The van der Waals surface area contributed by atoms with Gasteiger partial charge in [-0.05, 0) is 80.0 Å². The molecule has 12 nitrogen and oxygen atoms in total. The number of carbonyl (C=O) groups is 1. The number of hydrogen-bond donors (Lipinski definition) is 1. The molecule has 260 valence electrons. The Labute approximate surface area is 290 Å². The summed E-state index contributed by atoms with van der Waals surface area (Å²) >= 11 is 0. The lowest BCUT2D eigenvalue weighted by Gasteiger charge is -2.27. The van der Waals surface area contributed by atoms with Crippen LogP contribution < -0.4 is 10.5 Å². The molecule has 2 saturated heterocycles. The van der Waals surface area contributed by atoms with E-state index in [9.17, 15) is 13.2 Å². The lowest BCUT2D eigenvalue weighted by molar-refractivity contribution is 0.0700. The van der Waals surface area contributed by atoms with Gasteiger partial charge >= 0.3 is 0 Å². The molecule has 5 aromatic rings. The van der Waals surface area contributed by atoms with Gasteiger partial charge in [0.15, 0.2) is 5.82 Å². The second-order valence-corrected chi connectivity index (χ2v) is 16.2. The molecule has 2 aromatic carbocycles. The zero-order valence-corrected chi connectivity index (χ0v) is 29.1. The molecule has 1 amide bonds. The van der Waals surface area contributed by atoms with Gasteiger partial charge in [-0.1, -0.05) is 12.1 Å². The highest BCUT2D eigenvalue weighted by atomic mass is 32.2. The lowest BCUT2D eigenvalue weighted by atomic mass is 10.1. The van der Waals surface area contributed by atoms with Gasteiger partial charge in [-0.25, -0.2) is 18.4 Å². The molecule has 2 bridgehead atoms. The van der Waals surface area contributed by atoms with Gasteiger partial charge < -0.3 is 29.2 Å². The summed E-state index contributed by atoms with van der Waals surface area (Å²) in [5, 5.41) is 0.992. The number of nitrogens with zero attached hydrogens (tertiary/aromatic N) is 6. The third-order valence-electron chi connectivity index (χ3n) is 11.2. The standard InChI is InChI=1S/C37H41N7O5S/c1-41-34-29(17-26(19-32(34)48-2)37(45)44-21-25-8-12-30(44)33(25)38)40-36(41)31-18-24-7-11-28(39-35(24)43(31)20-22-3-4-22)23-5-9-27(10-6-23)50(46,47)42-13-15-49-16-14-42/h5-7,9-11,17-19,22,25,30,33H,3-4,8,12-16,20-21,38H2,1-2H3. The number of imidazole rings is 1. The van der Waals surface area contributed by atoms with Crippen molar-refractivity contribution >= 4 is 38.0 Å². The fourth-order valence-corrected chi connectivity index (χ4v) is 9.63. The van der Waals surface area contributed by atoms with Crippen molar-refractivity contribution in [3.8, 4) is 28.5 Å². The Morgan fingerprint density at radius 3 is 2.46 bits per heavy atom. The van der Waals surface area contributed by atoms with Gasteiger partial charge in [0.05, 0.1) is 42.1 Å². The molecule has 3 atom stereocenters. The van der Waals surface area contributed by atoms with Crippen LogP contribution in [0, 0.1) is 11.8 Å². The number of methoxy groups -OCH3 is 1. The number of carbonyl (C=O) groups excluding carboxylic acids is 1. The maximum absolute atomic E-state index is 13.8. The van der Waals surface area contributed by atoms with Crippen molar-refractivity contribution in [3.05, 3.63) is 60.2 Å². The predicted molar refractivity (Wildman–Crippen MR) is 189 cm³/mol. The van der Waals surface area contributed by atoms with Crippen LogP contribution in [0.5, 0.6) is 5.75 Å². The molecule has 3 aromatic heterocycles. The van der Waals surface area contributed by atoms with Gasteiger partial charge in [-0.2, -0.15) is 4.31 Å². The van der Waals surface area contributed by atoms with Crippen molar-refractivity contribution in [2.24, 2.45) is 24.6 Å². The van der Waals surface area contributed by atoms with Crippen LogP contribution in [0.1, 0.15) is 36.0 Å². The molecule has 9 rings (SSSR count). The third kappa shape index (κ3) is 5.12. The number of amides is 1. The number of aryl methyl sites for hydroxylation is 1. The zero-order valence-electron chi connectivity index (χ0n) is 28.3. The number of benzene rings is 2. The maximum atomic E-state index is 13.8. The highest BCUT2D eigenvalue weighted by Gasteiger charge is 2.47. The van der Waals surface area contributed by atoms with E-state index in [4.69, 9.17) is 25.2 Å². The summed E-state index contributed by atoms with van der Waals surface area (Å²) in [6.07, 6.45) is 4.37. The minimum atomic E-state index is -3.59. The van der Waals surface area contributed by atoms with Crippen LogP contribution in [-0.2, 0) is 28.4 Å². The molecular weight excluding hydrogens is 655 g/mol. The molecule has 3 unspecified atom stereocenters. The minimum Gasteiger partial charge on any atom is -0.494 e. The van der Waals surface area contributed by atoms with Crippen LogP contribution in [0.25, 0.3) is 44.8 Å². The van der Waals surface area contributed by atoms with Crippen LogP contribution >= 0.6 is 0 Å². The number of piperidine rings is 1. The van der Waals surface area contributed by atoms with Gasteiger partial charge in [0.25, 0.3) is 5.91 Å². The normalized spacial score (nSPS) is 22.6. The number of hydrogen-bond acceptors (Lipinski definition) is 8. The SMILES string of the molecule is COc1cc(C(=O)N2CC3CCC2C3N)cc2nc(-c3cc4ccc(-c5ccc(S(=O)(=O)N6CCOCC6)cc5)nc4n3CC3CC3)n(C)c12. The number of ether oxygens (including phenoxy) is 2. The van der Waals surface area contributed by atoms with E-state index in [1.165, 1.54) is 17.1 Å². The fraction of sp³-hybridized carbons (Fsp3) is 0.432. The van der Waals surface area contributed by atoms with E-state index in [0.717, 1.165) is 58.7 Å². The van der Waals surface area contributed by atoms with Crippen LogP contribution in [0.15, 0.2) is 59.5 Å². The van der Waals surface area contributed by atoms with Crippen molar-refractivity contribution < 1.29 is 22.7 Å². The van der Waals surface area contributed by atoms with E-state index in [0.29, 0.717) is 61.5 Å². The first kappa shape index (κ1) is 31.7. The number of pyridine rings is 1. The summed E-state index contributed by atoms with van der Waals surface area (Å²) in [5.41, 5.74) is 11.9. The van der Waals surface area contributed by atoms with Gasteiger partial charge in [-0.15, -0.1) is 0 Å². The van der Waals surface area contributed by atoms with Crippen molar-refractivity contribution in [2.75, 3.05) is 40.0 Å².